The number of carbonyl (C=O) groups is 2. The minimum Gasteiger partial charge on any atom is -0.451 e. The fraction of sp³-hybridized carbons (Fsp3) is 0.107. The van der Waals surface area contributed by atoms with E-state index in [4.69, 9.17) is 4.42 Å². The van der Waals surface area contributed by atoms with Crippen molar-refractivity contribution in [2.24, 2.45) is 0 Å². The number of H-pyrrole nitrogens is 1. The van der Waals surface area contributed by atoms with E-state index in [9.17, 15) is 18.8 Å². The maximum Gasteiger partial charge on any atom is 0.330 e. The Morgan fingerprint density at radius 1 is 1.13 bits per heavy atom. The highest BCUT2D eigenvalue weighted by atomic mass is 19.1. The van der Waals surface area contributed by atoms with Crippen LogP contribution in [0.15, 0.2) is 107 Å². The molecular formula is C28H23FN6O4. The molecule has 0 spiro atoms. The number of nitrogens with zero attached hydrogens (tertiary/aromatic N) is 4. The number of carbonyl (C=O) groups excluding carboxylic acids is 2. The third-order valence-corrected chi connectivity index (χ3v) is 6.03. The highest BCUT2D eigenvalue weighted by Crippen LogP contribution is 2.30. The van der Waals surface area contributed by atoms with Crippen LogP contribution >= 0.6 is 0 Å². The van der Waals surface area contributed by atoms with E-state index in [-0.39, 0.29) is 23.7 Å². The molecule has 5 rings (SSSR count). The Morgan fingerprint density at radius 3 is 2.64 bits per heavy atom. The summed E-state index contributed by atoms with van der Waals surface area (Å²) in [5.41, 5.74) is 1.82. The first-order chi connectivity index (χ1) is 19.0. The highest BCUT2D eigenvalue weighted by molar-refractivity contribution is 6.09. The SMILES string of the molecule is O=C(NCCc1cccc(F)c1)C(c1cccnc1)N(C(=O)c1cocn1)c1ccc(-n2cc[nH]c2=O)cc1. The number of aromatic amines is 1. The molecule has 3 heterocycles. The van der Waals surface area contributed by atoms with Crippen LogP contribution in [0.4, 0.5) is 10.1 Å². The van der Waals surface area contributed by atoms with Crippen LogP contribution in [0.3, 0.4) is 0 Å². The molecular weight excluding hydrogens is 503 g/mol. The van der Waals surface area contributed by atoms with Gasteiger partial charge in [0, 0.05) is 42.6 Å². The van der Waals surface area contributed by atoms with E-state index in [0.717, 1.165) is 12.0 Å². The van der Waals surface area contributed by atoms with E-state index in [1.807, 2.05) is 0 Å². The van der Waals surface area contributed by atoms with Gasteiger partial charge in [-0.2, -0.15) is 0 Å². The molecule has 11 heteroatoms. The summed E-state index contributed by atoms with van der Waals surface area (Å²) in [4.78, 5) is 51.5. The summed E-state index contributed by atoms with van der Waals surface area (Å²) in [5.74, 6) is -1.41. The van der Waals surface area contributed by atoms with Crippen molar-refractivity contribution < 1.29 is 18.4 Å². The van der Waals surface area contributed by atoms with Gasteiger partial charge >= 0.3 is 5.69 Å². The normalized spacial score (nSPS) is 11.6. The number of benzene rings is 2. The fourth-order valence-electron chi connectivity index (χ4n) is 4.20. The number of imidazole rings is 1. The van der Waals surface area contributed by atoms with Gasteiger partial charge in [-0.15, -0.1) is 0 Å². The lowest BCUT2D eigenvalue weighted by atomic mass is 10.0. The van der Waals surface area contributed by atoms with Crippen LogP contribution in [0, 0.1) is 5.82 Å². The van der Waals surface area contributed by atoms with E-state index < -0.39 is 17.9 Å². The second-order valence-electron chi connectivity index (χ2n) is 8.56. The topological polar surface area (TPSA) is 126 Å². The largest absolute Gasteiger partial charge is 0.451 e. The molecule has 39 heavy (non-hydrogen) atoms. The van der Waals surface area contributed by atoms with Crippen LogP contribution in [0.5, 0.6) is 0 Å². The van der Waals surface area contributed by atoms with Gasteiger partial charge in [0.1, 0.15) is 18.1 Å². The minimum absolute atomic E-state index is 0.00221. The van der Waals surface area contributed by atoms with Crippen LogP contribution in [0.25, 0.3) is 5.69 Å². The summed E-state index contributed by atoms with van der Waals surface area (Å²) in [7, 11) is 0. The Labute approximate surface area is 221 Å². The summed E-state index contributed by atoms with van der Waals surface area (Å²) in [5, 5.41) is 2.86. The zero-order valence-electron chi connectivity index (χ0n) is 20.5. The third-order valence-electron chi connectivity index (χ3n) is 6.03. The van der Waals surface area contributed by atoms with Crippen LogP contribution in [0.1, 0.15) is 27.7 Å². The zero-order chi connectivity index (χ0) is 27.2. The number of rotatable bonds is 9. The third kappa shape index (κ3) is 5.67. The lowest BCUT2D eigenvalue weighted by Crippen LogP contribution is -2.44. The predicted octanol–water partition coefficient (Wildman–Crippen LogP) is 3.43. The Kier molecular flexibility index (Phi) is 7.39. The van der Waals surface area contributed by atoms with Gasteiger partial charge in [-0.3, -0.25) is 24.0 Å². The maximum absolute atomic E-state index is 13.7. The molecule has 5 aromatic rings. The van der Waals surface area contributed by atoms with E-state index in [2.05, 4.69) is 20.3 Å². The Bertz CT molecular complexity index is 1610. The maximum atomic E-state index is 13.7. The first-order valence-electron chi connectivity index (χ1n) is 12.0. The molecule has 0 bridgehead atoms. The van der Waals surface area contributed by atoms with Crippen LogP contribution in [0.2, 0.25) is 0 Å². The van der Waals surface area contributed by atoms with E-state index in [1.54, 1.807) is 60.9 Å². The van der Waals surface area contributed by atoms with Gasteiger partial charge in [-0.25, -0.2) is 14.2 Å². The van der Waals surface area contributed by atoms with Gasteiger partial charge in [0.05, 0.1) is 5.69 Å². The molecule has 1 atom stereocenters. The van der Waals surface area contributed by atoms with Crippen LogP contribution in [-0.4, -0.2) is 37.9 Å². The first kappa shape index (κ1) is 25.3. The number of pyridine rings is 1. The molecule has 0 saturated carbocycles. The highest BCUT2D eigenvalue weighted by Gasteiger charge is 2.34. The van der Waals surface area contributed by atoms with Gasteiger partial charge in [0.15, 0.2) is 12.1 Å². The number of aromatic nitrogens is 4. The smallest absolute Gasteiger partial charge is 0.330 e. The van der Waals surface area contributed by atoms with Gasteiger partial charge in [-0.05, 0) is 54.4 Å². The van der Waals surface area contributed by atoms with Crippen molar-refractivity contribution in [3.05, 3.63) is 131 Å². The molecule has 2 aromatic carbocycles. The molecule has 2 N–H and O–H groups in total. The van der Waals surface area contributed by atoms with E-state index >= 15 is 0 Å². The van der Waals surface area contributed by atoms with Crippen molar-refractivity contribution in [3.8, 4) is 5.69 Å². The molecule has 0 aliphatic carbocycles. The molecule has 10 nitrogen and oxygen atoms in total. The van der Waals surface area contributed by atoms with Crippen molar-refractivity contribution in [2.75, 3.05) is 11.4 Å². The number of amides is 2. The zero-order valence-corrected chi connectivity index (χ0v) is 20.5. The van der Waals surface area contributed by atoms with Crippen molar-refractivity contribution in [2.45, 2.75) is 12.5 Å². The lowest BCUT2D eigenvalue weighted by Gasteiger charge is -2.31. The number of hydrogen-bond acceptors (Lipinski definition) is 6. The molecule has 196 valence electrons. The number of halogens is 1. The van der Waals surface area contributed by atoms with Crippen molar-refractivity contribution in [1.29, 1.82) is 0 Å². The average molecular weight is 527 g/mol. The number of nitrogens with one attached hydrogen (secondary N) is 2. The summed E-state index contributed by atoms with van der Waals surface area (Å²) in [6.07, 6.45) is 8.89. The quantitative estimate of drug-likeness (QED) is 0.303. The van der Waals surface area contributed by atoms with E-state index in [1.165, 1.54) is 40.3 Å². The average Bonchev–Trinajstić information content (AvgIpc) is 3.64. The molecule has 0 fully saturated rings. The number of hydrogen-bond donors (Lipinski definition) is 2. The summed E-state index contributed by atoms with van der Waals surface area (Å²) in [6.45, 7) is 0.209. The summed E-state index contributed by atoms with van der Waals surface area (Å²) >= 11 is 0. The number of oxazole rings is 1. The fourth-order valence-corrected chi connectivity index (χ4v) is 4.20. The van der Waals surface area contributed by atoms with Gasteiger partial charge in [0.25, 0.3) is 5.91 Å². The van der Waals surface area contributed by atoms with E-state index in [0.29, 0.717) is 23.4 Å². The lowest BCUT2D eigenvalue weighted by molar-refractivity contribution is -0.122. The van der Waals surface area contributed by atoms with Crippen molar-refractivity contribution in [1.82, 2.24) is 24.8 Å². The molecule has 2 amide bonds. The van der Waals surface area contributed by atoms with Gasteiger partial charge < -0.3 is 14.7 Å². The Balaban J connectivity index is 1.50. The predicted molar refractivity (Wildman–Crippen MR) is 140 cm³/mol. The van der Waals surface area contributed by atoms with Crippen molar-refractivity contribution >= 4 is 17.5 Å². The molecule has 0 aliphatic heterocycles. The summed E-state index contributed by atoms with van der Waals surface area (Å²) < 4.78 is 20.0. The molecule has 0 aliphatic rings. The van der Waals surface area contributed by atoms with Crippen molar-refractivity contribution in [3.63, 3.8) is 0 Å². The van der Waals surface area contributed by atoms with Crippen LogP contribution < -0.4 is 15.9 Å². The second-order valence-corrected chi connectivity index (χ2v) is 8.56. The standard InChI is InChI=1S/C28H23FN6O4/c29-21-5-1-3-19(15-21)10-12-31-26(36)25(20-4-2-11-30-16-20)35(27(37)24-17-39-18-33-24)23-8-6-22(7-9-23)34-14-13-32-28(34)38/h1-9,11,13-18,25H,10,12H2,(H,31,36)(H,32,38). The number of anilines is 1. The minimum atomic E-state index is -1.13. The second kappa shape index (κ2) is 11.4. The van der Waals surface area contributed by atoms with Crippen LogP contribution in [-0.2, 0) is 11.2 Å². The van der Waals surface area contributed by atoms with Gasteiger partial charge in [-0.1, -0.05) is 18.2 Å². The Morgan fingerprint density at radius 2 is 1.97 bits per heavy atom. The molecule has 0 saturated heterocycles. The van der Waals surface area contributed by atoms with Gasteiger partial charge in [0.2, 0.25) is 5.91 Å². The molecule has 0 radical (unpaired) electrons. The Hall–Kier alpha value is -5.32. The molecule has 1 unspecified atom stereocenters. The molecule has 3 aromatic heterocycles. The monoisotopic (exact) mass is 526 g/mol. The first-order valence-corrected chi connectivity index (χ1v) is 12.0. The summed E-state index contributed by atoms with van der Waals surface area (Å²) in [6, 6.07) is 15.0.